The van der Waals surface area contributed by atoms with Crippen molar-refractivity contribution in [2.45, 2.75) is 44.2 Å². The van der Waals surface area contributed by atoms with Crippen molar-refractivity contribution in [1.29, 1.82) is 0 Å². The number of hydrogen-bond acceptors (Lipinski definition) is 2. The van der Waals surface area contributed by atoms with Crippen molar-refractivity contribution in [2.75, 3.05) is 31.1 Å². The van der Waals surface area contributed by atoms with Gasteiger partial charge in [-0.1, -0.05) is 61.2 Å². The van der Waals surface area contributed by atoms with Crippen LogP contribution in [0.5, 0.6) is 0 Å². The second-order valence-electron chi connectivity index (χ2n) is 8.31. The molecule has 2 aliphatic rings. The molecule has 1 amide bonds. The Hall–Kier alpha value is -2.04. The van der Waals surface area contributed by atoms with Crippen LogP contribution in [0.4, 0.5) is 5.69 Å². The van der Waals surface area contributed by atoms with Crippen molar-refractivity contribution >= 4 is 23.2 Å². The number of piperazine rings is 1. The predicted octanol–water partition coefficient (Wildman–Crippen LogP) is 3.24. The van der Waals surface area contributed by atoms with E-state index in [4.69, 9.17) is 11.6 Å². The van der Waals surface area contributed by atoms with E-state index in [1.807, 2.05) is 24.3 Å². The number of benzene rings is 2. The van der Waals surface area contributed by atoms with Crippen molar-refractivity contribution < 1.29 is 9.69 Å². The van der Waals surface area contributed by atoms with Gasteiger partial charge in [0.05, 0.1) is 26.2 Å². The first-order chi connectivity index (χ1) is 14.2. The SMILES string of the molecule is O=C(NC1CCCCC1)C(c1ccc(Cl)cc1)[NH+]1CCN(c2ccccc2)CC1. The van der Waals surface area contributed by atoms with E-state index in [-0.39, 0.29) is 11.9 Å². The number of nitrogens with one attached hydrogen (secondary N) is 2. The third-order valence-electron chi connectivity index (χ3n) is 6.35. The molecule has 1 saturated carbocycles. The van der Waals surface area contributed by atoms with Gasteiger partial charge in [0.15, 0.2) is 6.04 Å². The van der Waals surface area contributed by atoms with Gasteiger partial charge < -0.3 is 15.1 Å². The largest absolute Gasteiger partial charge is 0.360 e. The maximum absolute atomic E-state index is 13.4. The quantitative estimate of drug-likeness (QED) is 0.791. The zero-order chi connectivity index (χ0) is 20.1. The average molecular weight is 413 g/mol. The van der Waals surface area contributed by atoms with Gasteiger partial charge in [-0.15, -0.1) is 0 Å². The Balaban J connectivity index is 1.48. The van der Waals surface area contributed by atoms with Crippen molar-refractivity contribution in [1.82, 2.24) is 5.32 Å². The molecule has 2 N–H and O–H groups in total. The van der Waals surface area contributed by atoms with Crippen LogP contribution in [0.3, 0.4) is 0 Å². The van der Waals surface area contributed by atoms with E-state index >= 15 is 0 Å². The Morgan fingerprint density at radius 3 is 2.28 bits per heavy atom. The van der Waals surface area contributed by atoms with Gasteiger partial charge in [0.1, 0.15) is 0 Å². The molecule has 29 heavy (non-hydrogen) atoms. The Morgan fingerprint density at radius 2 is 1.62 bits per heavy atom. The molecule has 1 heterocycles. The van der Waals surface area contributed by atoms with Gasteiger partial charge in [-0.2, -0.15) is 0 Å². The van der Waals surface area contributed by atoms with Crippen LogP contribution in [-0.4, -0.2) is 38.1 Å². The number of nitrogens with zero attached hydrogens (tertiary/aromatic N) is 1. The molecular weight excluding hydrogens is 382 g/mol. The minimum absolute atomic E-state index is 0.169. The molecule has 4 nitrogen and oxygen atoms in total. The van der Waals surface area contributed by atoms with Crippen molar-refractivity contribution in [2.24, 2.45) is 0 Å². The van der Waals surface area contributed by atoms with Crippen molar-refractivity contribution in [3.8, 4) is 0 Å². The number of para-hydroxylation sites is 1. The first kappa shape index (κ1) is 20.2. The molecule has 1 unspecified atom stereocenters. The number of amides is 1. The normalized spacial score (nSPS) is 19.7. The lowest BCUT2D eigenvalue weighted by atomic mass is 9.94. The van der Waals surface area contributed by atoms with E-state index in [2.05, 4.69) is 40.5 Å². The summed E-state index contributed by atoms with van der Waals surface area (Å²) in [6.45, 7) is 3.81. The molecule has 1 aliphatic carbocycles. The molecule has 2 aromatic carbocycles. The average Bonchev–Trinajstić information content (AvgIpc) is 2.77. The highest BCUT2D eigenvalue weighted by Crippen LogP contribution is 2.20. The summed E-state index contributed by atoms with van der Waals surface area (Å²) in [5, 5.41) is 4.08. The summed E-state index contributed by atoms with van der Waals surface area (Å²) in [7, 11) is 0. The van der Waals surface area contributed by atoms with E-state index in [1.54, 1.807) is 0 Å². The highest BCUT2D eigenvalue weighted by atomic mass is 35.5. The molecule has 0 bridgehead atoms. The molecule has 2 aromatic rings. The summed E-state index contributed by atoms with van der Waals surface area (Å²) >= 11 is 6.11. The zero-order valence-corrected chi connectivity index (χ0v) is 17.7. The van der Waals surface area contributed by atoms with Crippen LogP contribution in [0.25, 0.3) is 0 Å². The Kier molecular flexibility index (Phi) is 6.73. The van der Waals surface area contributed by atoms with E-state index < -0.39 is 0 Å². The van der Waals surface area contributed by atoms with Crippen LogP contribution in [0.15, 0.2) is 54.6 Å². The molecule has 2 fully saturated rings. The summed E-state index contributed by atoms with van der Waals surface area (Å²) in [5.74, 6) is 0.169. The molecule has 1 aliphatic heterocycles. The van der Waals surface area contributed by atoms with Crippen LogP contribution in [0.2, 0.25) is 5.02 Å². The van der Waals surface area contributed by atoms with Crippen LogP contribution in [0, 0.1) is 0 Å². The zero-order valence-electron chi connectivity index (χ0n) is 16.9. The lowest BCUT2D eigenvalue weighted by Crippen LogP contribution is -3.16. The summed E-state index contributed by atoms with van der Waals surface area (Å²) in [5.41, 5.74) is 2.33. The first-order valence-corrected chi connectivity index (χ1v) is 11.3. The van der Waals surface area contributed by atoms with E-state index in [1.165, 1.54) is 29.8 Å². The predicted molar refractivity (Wildman–Crippen MR) is 119 cm³/mol. The first-order valence-electron chi connectivity index (χ1n) is 10.9. The number of quaternary nitrogens is 1. The fourth-order valence-corrected chi connectivity index (χ4v) is 4.86. The number of rotatable bonds is 5. The van der Waals surface area contributed by atoms with Gasteiger partial charge >= 0.3 is 0 Å². The van der Waals surface area contributed by atoms with Crippen LogP contribution < -0.4 is 15.1 Å². The summed E-state index contributed by atoms with van der Waals surface area (Å²) in [6, 6.07) is 18.5. The maximum atomic E-state index is 13.4. The highest BCUT2D eigenvalue weighted by molar-refractivity contribution is 6.30. The van der Waals surface area contributed by atoms with E-state index in [0.717, 1.165) is 44.6 Å². The Morgan fingerprint density at radius 1 is 0.966 bits per heavy atom. The third kappa shape index (κ3) is 5.12. The van der Waals surface area contributed by atoms with Gasteiger partial charge in [-0.3, -0.25) is 4.79 Å². The minimum atomic E-state index is -0.174. The molecule has 0 spiro atoms. The Bertz CT molecular complexity index is 782. The summed E-state index contributed by atoms with van der Waals surface area (Å²) in [6.07, 6.45) is 5.95. The Labute approximate surface area is 178 Å². The highest BCUT2D eigenvalue weighted by Gasteiger charge is 2.35. The van der Waals surface area contributed by atoms with E-state index in [0.29, 0.717) is 11.1 Å². The standard InChI is InChI=1S/C24H30ClN3O/c25-20-13-11-19(12-14-20)23(24(29)26-21-7-3-1-4-8-21)28-17-15-27(16-18-28)22-9-5-2-6-10-22/h2,5-6,9-14,21,23H,1,3-4,7-8,15-18H2,(H,26,29)/p+1. The number of anilines is 1. The second-order valence-corrected chi connectivity index (χ2v) is 8.75. The molecule has 0 aromatic heterocycles. The fourth-order valence-electron chi connectivity index (χ4n) is 4.74. The molecule has 1 atom stereocenters. The molecular formula is C24H31ClN3O+. The number of carbonyl (C=O) groups is 1. The molecule has 4 rings (SSSR count). The topological polar surface area (TPSA) is 36.8 Å². The third-order valence-corrected chi connectivity index (χ3v) is 6.60. The second kappa shape index (κ2) is 9.64. The maximum Gasteiger partial charge on any atom is 0.283 e. The van der Waals surface area contributed by atoms with E-state index in [9.17, 15) is 4.79 Å². The minimum Gasteiger partial charge on any atom is -0.360 e. The lowest BCUT2D eigenvalue weighted by molar-refractivity contribution is -0.922. The smallest absolute Gasteiger partial charge is 0.283 e. The molecule has 154 valence electrons. The van der Waals surface area contributed by atoms with Gasteiger partial charge in [0.2, 0.25) is 0 Å². The summed E-state index contributed by atoms with van der Waals surface area (Å²) in [4.78, 5) is 17.1. The summed E-state index contributed by atoms with van der Waals surface area (Å²) < 4.78 is 0. The van der Waals surface area contributed by atoms with Gasteiger partial charge in [-0.25, -0.2) is 0 Å². The van der Waals surface area contributed by atoms with Crippen molar-refractivity contribution in [3.63, 3.8) is 0 Å². The van der Waals surface area contributed by atoms with Crippen LogP contribution in [0.1, 0.15) is 43.7 Å². The van der Waals surface area contributed by atoms with Crippen LogP contribution >= 0.6 is 11.6 Å². The molecule has 5 heteroatoms. The molecule has 1 saturated heterocycles. The number of hydrogen-bond donors (Lipinski definition) is 2. The number of halogens is 1. The van der Waals surface area contributed by atoms with Crippen LogP contribution in [-0.2, 0) is 4.79 Å². The van der Waals surface area contributed by atoms with Gasteiger partial charge in [0, 0.05) is 22.3 Å². The van der Waals surface area contributed by atoms with Crippen molar-refractivity contribution in [3.05, 3.63) is 65.2 Å². The lowest BCUT2D eigenvalue weighted by Gasteiger charge is -2.37. The van der Waals surface area contributed by atoms with Gasteiger partial charge in [0.25, 0.3) is 5.91 Å². The molecule has 0 radical (unpaired) electrons. The fraction of sp³-hybridized carbons (Fsp3) is 0.458. The van der Waals surface area contributed by atoms with Gasteiger partial charge in [-0.05, 0) is 37.1 Å². The number of carbonyl (C=O) groups excluding carboxylic acids is 1. The monoisotopic (exact) mass is 412 g/mol.